The van der Waals surface area contributed by atoms with E-state index in [1.54, 1.807) is 26.0 Å². The van der Waals surface area contributed by atoms with E-state index in [1.165, 1.54) is 12.1 Å². The molecule has 11 nitrogen and oxygen atoms in total. The van der Waals surface area contributed by atoms with E-state index in [2.05, 4.69) is 5.32 Å². The maximum atomic E-state index is 13.2. The Hall–Kier alpha value is -3.60. The maximum absolute atomic E-state index is 13.2. The first kappa shape index (κ1) is 26.5. The Morgan fingerprint density at radius 1 is 1.00 bits per heavy atom. The standard InChI is InChI=1S/C26H32N4O7/c1-16(2)22(27-20(31)14-28-12-6-3-7-13-28)26(36)37-15-29-21(32)11-10-19(25(29)35)30-23(33)17-8-4-5-9-18(17)24(30)34/h4-5,8-9,16,19,22H,3,6-7,10-15H2,1-2H3,(H,27,31)/t19-,22?/m0/s1. The first-order valence-corrected chi connectivity index (χ1v) is 12.7. The highest BCUT2D eigenvalue weighted by atomic mass is 16.5. The van der Waals surface area contributed by atoms with Crippen LogP contribution in [-0.4, -0.2) is 88.7 Å². The van der Waals surface area contributed by atoms with E-state index in [4.69, 9.17) is 4.74 Å². The van der Waals surface area contributed by atoms with Crippen molar-refractivity contribution in [1.82, 2.24) is 20.0 Å². The molecule has 1 aromatic rings. The lowest BCUT2D eigenvalue weighted by Crippen LogP contribution is -2.57. The molecule has 3 aliphatic rings. The maximum Gasteiger partial charge on any atom is 0.330 e. The van der Waals surface area contributed by atoms with Crippen molar-refractivity contribution < 1.29 is 33.5 Å². The number of nitrogens with one attached hydrogen (secondary N) is 1. The van der Waals surface area contributed by atoms with Gasteiger partial charge in [-0.05, 0) is 50.4 Å². The number of fused-ring (bicyclic) bond motifs is 1. The number of imide groups is 2. The summed E-state index contributed by atoms with van der Waals surface area (Å²) >= 11 is 0. The topological polar surface area (TPSA) is 133 Å². The SMILES string of the molecule is CC(C)C(NC(=O)CN1CCCCC1)C(=O)OCN1C(=O)CC[C@H](N2C(=O)c3ccccc3C2=O)C1=O. The molecule has 0 spiro atoms. The summed E-state index contributed by atoms with van der Waals surface area (Å²) in [7, 11) is 0. The van der Waals surface area contributed by atoms with E-state index in [1.807, 2.05) is 4.90 Å². The normalized spacial score (nSPS) is 21.3. The predicted octanol–water partition coefficient (Wildman–Crippen LogP) is 0.928. The first-order chi connectivity index (χ1) is 17.7. The molecule has 0 radical (unpaired) electrons. The second-order valence-corrected chi connectivity index (χ2v) is 9.96. The molecule has 2 fully saturated rings. The van der Waals surface area contributed by atoms with Gasteiger partial charge in [-0.3, -0.25) is 33.8 Å². The van der Waals surface area contributed by atoms with Crippen molar-refractivity contribution >= 4 is 35.5 Å². The average molecular weight is 513 g/mol. The molecule has 5 amide bonds. The van der Waals surface area contributed by atoms with Gasteiger partial charge in [0.1, 0.15) is 12.1 Å². The predicted molar refractivity (Wildman–Crippen MR) is 130 cm³/mol. The average Bonchev–Trinajstić information content (AvgIpc) is 3.13. The monoisotopic (exact) mass is 512 g/mol. The molecule has 2 saturated heterocycles. The number of amides is 5. The van der Waals surface area contributed by atoms with Crippen LogP contribution >= 0.6 is 0 Å². The Morgan fingerprint density at radius 3 is 2.22 bits per heavy atom. The van der Waals surface area contributed by atoms with Crippen molar-refractivity contribution in [2.45, 2.75) is 58.0 Å². The van der Waals surface area contributed by atoms with Crippen molar-refractivity contribution in [2.75, 3.05) is 26.4 Å². The molecule has 0 bridgehead atoms. The fourth-order valence-electron chi connectivity index (χ4n) is 4.94. The van der Waals surface area contributed by atoms with E-state index in [0.717, 1.165) is 42.2 Å². The number of esters is 1. The highest BCUT2D eigenvalue weighted by Crippen LogP contribution is 2.29. The summed E-state index contributed by atoms with van der Waals surface area (Å²) in [5.74, 6) is -3.91. The number of benzene rings is 1. The fourth-order valence-corrected chi connectivity index (χ4v) is 4.94. The summed E-state index contributed by atoms with van der Waals surface area (Å²) in [6.45, 7) is 4.68. The van der Waals surface area contributed by atoms with Gasteiger partial charge in [0.15, 0.2) is 6.73 Å². The van der Waals surface area contributed by atoms with E-state index in [0.29, 0.717) is 0 Å². The highest BCUT2D eigenvalue weighted by Gasteiger charge is 2.47. The van der Waals surface area contributed by atoms with Gasteiger partial charge in [-0.2, -0.15) is 0 Å². The van der Waals surface area contributed by atoms with Crippen LogP contribution < -0.4 is 5.32 Å². The molecular weight excluding hydrogens is 480 g/mol. The van der Waals surface area contributed by atoms with Gasteiger partial charge < -0.3 is 10.1 Å². The zero-order valence-corrected chi connectivity index (χ0v) is 21.1. The summed E-state index contributed by atoms with van der Waals surface area (Å²) in [6, 6.07) is 4.15. The van der Waals surface area contributed by atoms with Gasteiger partial charge in [-0.1, -0.05) is 32.4 Å². The van der Waals surface area contributed by atoms with Gasteiger partial charge in [-0.15, -0.1) is 0 Å². The first-order valence-electron chi connectivity index (χ1n) is 12.7. The summed E-state index contributed by atoms with van der Waals surface area (Å²) in [5.41, 5.74) is 0.408. The molecule has 37 heavy (non-hydrogen) atoms. The van der Waals surface area contributed by atoms with E-state index in [9.17, 15) is 28.8 Å². The number of hydrogen-bond donors (Lipinski definition) is 1. The van der Waals surface area contributed by atoms with Crippen molar-refractivity contribution in [2.24, 2.45) is 5.92 Å². The number of piperidine rings is 2. The third-order valence-electron chi connectivity index (χ3n) is 7.01. The Kier molecular flexibility index (Phi) is 8.01. The van der Waals surface area contributed by atoms with Gasteiger partial charge >= 0.3 is 5.97 Å². The Morgan fingerprint density at radius 2 is 1.62 bits per heavy atom. The molecule has 0 aromatic heterocycles. The van der Waals surface area contributed by atoms with Crippen LogP contribution in [0, 0.1) is 5.92 Å². The summed E-state index contributed by atoms with van der Waals surface area (Å²) in [6.07, 6.45) is 3.10. The molecule has 1 N–H and O–H groups in total. The molecule has 2 atom stereocenters. The van der Waals surface area contributed by atoms with E-state index >= 15 is 0 Å². The number of likely N-dealkylation sites (tertiary alicyclic amines) is 2. The highest BCUT2D eigenvalue weighted by molar-refractivity contribution is 6.23. The fraction of sp³-hybridized carbons (Fsp3) is 0.538. The van der Waals surface area contributed by atoms with Crippen LogP contribution in [-0.2, 0) is 23.9 Å². The van der Waals surface area contributed by atoms with Crippen molar-refractivity contribution in [3.8, 4) is 0 Å². The van der Waals surface area contributed by atoms with Crippen LogP contribution in [0.15, 0.2) is 24.3 Å². The molecule has 198 valence electrons. The second-order valence-electron chi connectivity index (χ2n) is 9.96. The lowest BCUT2D eigenvalue weighted by atomic mass is 10.0. The largest absolute Gasteiger partial charge is 0.442 e. The minimum Gasteiger partial charge on any atom is -0.442 e. The second kappa shape index (κ2) is 11.2. The van der Waals surface area contributed by atoms with E-state index < -0.39 is 48.4 Å². The lowest BCUT2D eigenvalue weighted by Gasteiger charge is -2.34. The summed E-state index contributed by atoms with van der Waals surface area (Å²) in [5, 5.41) is 2.71. The third kappa shape index (κ3) is 5.56. The minimum absolute atomic E-state index is 0.00520. The number of carbonyl (C=O) groups excluding carboxylic acids is 6. The molecule has 1 aromatic carbocycles. The van der Waals surface area contributed by atoms with Crippen LogP contribution in [0.3, 0.4) is 0 Å². The van der Waals surface area contributed by atoms with Gasteiger partial charge in [0.25, 0.3) is 17.7 Å². The van der Waals surface area contributed by atoms with Crippen molar-refractivity contribution in [3.05, 3.63) is 35.4 Å². The Balaban J connectivity index is 1.38. The van der Waals surface area contributed by atoms with Crippen LogP contribution in [0.4, 0.5) is 0 Å². The van der Waals surface area contributed by atoms with Gasteiger partial charge in [0.2, 0.25) is 11.8 Å². The third-order valence-corrected chi connectivity index (χ3v) is 7.01. The van der Waals surface area contributed by atoms with Crippen LogP contribution in [0.5, 0.6) is 0 Å². The number of nitrogens with zero attached hydrogens (tertiary/aromatic N) is 3. The molecule has 11 heteroatoms. The molecule has 3 heterocycles. The van der Waals surface area contributed by atoms with Gasteiger partial charge in [-0.25, -0.2) is 9.69 Å². The number of ether oxygens (including phenoxy) is 1. The molecule has 0 aliphatic carbocycles. The molecule has 4 rings (SSSR count). The van der Waals surface area contributed by atoms with Crippen molar-refractivity contribution in [1.29, 1.82) is 0 Å². The number of rotatable bonds is 8. The zero-order valence-electron chi connectivity index (χ0n) is 21.1. The molecule has 0 saturated carbocycles. The molecular formula is C26H32N4O7. The molecule has 3 aliphatic heterocycles. The Bertz CT molecular complexity index is 1080. The Labute approximate surface area is 215 Å². The quantitative estimate of drug-likeness (QED) is 0.402. The van der Waals surface area contributed by atoms with Gasteiger partial charge in [0.05, 0.1) is 17.7 Å². The minimum atomic E-state index is -1.17. The summed E-state index contributed by atoms with van der Waals surface area (Å²) in [4.78, 5) is 80.4. The van der Waals surface area contributed by atoms with Crippen molar-refractivity contribution in [3.63, 3.8) is 0 Å². The van der Waals surface area contributed by atoms with Crippen LogP contribution in [0.25, 0.3) is 0 Å². The number of carbonyl (C=O) groups is 6. The van der Waals surface area contributed by atoms with Gasteiger partial charge in [0, 0.05) is 6.42 Å². The van der Waals surface area contributed by atoms with Crippen LogP contribution in [0.1, 0.15) is 66.7 Å². The number of hydrogen-bond acceptors (Lipinski definition) is 8. The lowest BCUT2D eigenvalue weighted by molar-refractivity contribution is -0.166. The van der Waals surface area contributed by atoms with Crippen LogP contribution in [0.2, 0.25) is 0 Å². The molecule has 1 unspecified atom stereocenters. The summed E-state index contributed by atoms with van der Waals surface area (Å²) < 4.78 is 5.29. The zero-order chi connectivity index (χ0) is 26.7. The van der Waals surface area contributed by atoms with E-state index in [-0.39, 0.29) is 42.3 Å². The smallest absolute Gasteiger partial charge is 0.330 e.